The molecule has 0 unspecified atom stereocenters. The Bertz CT molecular complexity index is 2890. The third-order valence-corrected chi connectivity index (χ3v) is 11.6. The van der Waals surface area contributed by atoms with Gasteiger partial charge in [-0.1, -0.05) is 195 Å². The lowest BCUT2D eigenvalue weighted by Crippen LogP contribution is -2.30. The van der Waals surface area contributed by atoms with E-state index < -0.39 is 11.8 Å². The summed E-state index contributed by atoms with van der Waals surface area (Å²) in [5.74, 6) is 1.82. The minimum atomic E-state index is -4.95. The number of fused-ring (bicyclic) bond motifs is 3. The predicted octanol–water partition coefficient (Wildman–Crippen LogP) is 15.3. The van der Waals surface area contributed by atoms with E-state index in [1.165, 1.54) is 6.07 Å². The second-order valence-corrected chi connectivity index (χ2v) is 15.4. The van der Waals surface area contributed by atoms with Crippen molar-refractivity contribution in [3.63, 3.8) is 0 Å². The molecule has 0 bridgehead atoms. The molecule has 0 saturated heterocycles. The zero-order valence-corrected chi connectivity index (χ0v) is 34.6. The van der Waals surface area contributed by atoms with E-state index >= 15 is 0 Å². The summed E-state index contributed by atoms with van der Waals surface area (Å²) in [5, 5.41) is 0. The Morgan fingerprint density at radius 1 is 0.571 bits per heavy atom. The van der Waals surface area contributed by atoms with Crippen LogP contribution in [0.2, 0.25) is 6.82 Å². The molecule has 2 nitrogen and oxygen atoms in total. The van der Waals surface area contributed by atoms with Gasteiger partial charge in [-0.25, -0.2) is 0 Å². The number of ether oxygens (including phenoxy) is 1. The summed E-state index contributed by atoms with van der Waals surface area (Å²) in [4.78, 5) is 2.11. The number of alkyl halides is 3. The van der Waals surface area contributed by atoms with E-state index in [9.17, 15) is 13.2 Å². The Hall–Kier alpha value is -7.57. The van der Waals surface area contributed by atoms with Crippen LogP contribution in [0.15, 0.2) is 237 Å². The van der Waals surface area contributed by atoms with Crippen LogP contribution in [0.25, 0.3) is 39.0 Å². The fourth-order valence-corrected chi connectivity index (χ4v) is 9.01. The van der Waals surface area contributed by atoms with Crippen LogP contribution in [0.1, 0.15) is 27.8 Å². The van der Waals surface area contributed by atoms with E-state index in [0.29, 0.717) is 16.8 Å². The molecule has 63 heavy (non-hydrogen) atoms. The molecule has 9 rings (SSSR count). The van der Waals surface area contributed by atoms with Gasteiger partial charge in [-0.3, -0.25) is 0 Å². The van der Waals surface area contributed by atoms with Gasteiger partial charge in [0.25, 0.3) is 0 Å². The number of nitrogens with zero attached hydrogens (tertiary/aromatic N) is 1. The van der Waals surface area contributed by atoms with Gasteiger partial charge in [-0.15, -0.1) is 19.1 Å². The first-order chi connectivity index (χ1) is 30.8. The Morgan fingerprint density at radius 2 is 1.08 bits per heavy atom. The highest BCUT2D eigenvalue weighted by Gasteiger charge is 2.50. The van der Waals surface area contributed by atoms with Gasteiger partial charge in [0, 0.05) is 22.6 Å². The smallest absolute Gasteiger partial charge is 0.405 e. The summed E-state index contributed by atoms with van der Waals surface area (Å²) in [5.41, 5.74) is 11.4. The molecule has 0 saturated carbocycles. The molecule has 1 aliphatic rings. The lowest BCUT2D eigenvalue weighted by atomic mass is 9.67. The monoisotopic (exact) mass is 824 g/mol. The molecule has 8 aromatic rings. The molecular weight excluding hydrogens is 782 g/mol. The molecule has 0 amide bonds. The number of halogens is 3. The second kappa shape index (κ2) is 17.4. The van der Waals surface area contributed by atoms with Crippen molar-refractivity contribution in [3.8, 4) is 39.1 Å². The maximum atomic E-state index is 14.6. The third-order valence-electron chi connectivity index (χ3n) is 11.6. The Labute approximate surface area is 367 Å². The van der Waals surface area contributed by atoms with Crippen LogP contribution in [0.3, 0.4) is 0 Å². The van der Waals surface area contributed by atoms with Gasteiger partial charge in [0.05, 0.1) is 5.41 Å². The van der Waals surface area contributed by atoms with Crippen molar-refractivity contribution in [2.45, 2.75) is 18.6 Å². The minimum absolute atomic E-state index is 0.253. The number of hydrogen-bond acceptors (Lipinski definition) is 2. The van der Waals surface area contributed by atoms with Gasteiger partial charge in [0.2, 0.25) is 0 Å². The summed E-state index contributed by atoms with van der Waals surface area (Å²) < 4.78 is 49.0. The van der Waals surface area contributed by atoms with E-state index in [0.717, 1.165) is 67.0 Å². The van der Waals surface area contributed by atoms with Crippen molar-refractivity contribution in [2.75, 3.05) is 4.90 Å². The van der Waals surface area contributed by atoms with Crippen LogP contribution < -0.4 is 9.64 Å². The molecule has 0 aromatic heterocycles. The van der Waals surface area contributed by atoms with Crippen LogP contribution in [0, 0.1) is 0 Å². The molecule has 305 valence electrons. The van der Waals surface area contributed by atoms with E-state index in [2.05, 4.69) is 78.1 Å². The Morgan fingerprint density at radius 3 is 1.65 bits per heavy atom. The molecule has 6 heteroatoms. The van der Waals surface area contributed by atoms with Crippen molar-refractivity contribution in [2.24, 2.45) is 0 Å². The standard InChI is InChI=1S/C57H42BF3NO/c1-40(28-29-45(39-58-2)42-20-10-4-11-21-42)62(48-32-30-43(31-33-48)41-18-8-3-9-19-41)49-34-35-51-52(38-49)56(46-24-14-6-15-25-46,47-26-16-7-17-27-47)55-53(63-57(59,60)61)37-36-50(54(51)55)44-22-12-5-13-23-44/h3-39H,1H2,2H3/b29-28-,45-39?. The predicted molar refractivity (Wildman–Crippen MR) is 254 cm³/mol. The molecule has 0 atom stereocenters. The summed E-state index contributed by atoms with van der Waals surface area (Å²) in [6.07, 6.45) is -0.867. The first kappa shape index (κ1) is 40.8. The molecule has 0 aliphatic heterocycles. The average Bonchev–Trinajstić information content (AvgIpc) is 3.63. The minimum Gasteiger partial charge on any atom is -0.405 e. The van der Waals surface area contributed by atoms with Crippen molar-refractivity contribution >= 4 is 24.2 Å². The second-order valence-electron chi connectivity index (χ2n) is 15.4. The first-order valence-corrected chi connectivity index (χ1v) is 20.9. The average molecular weight is 825 g/mol. The number of hydrogen-bond donors (Lipinski definition) is 0. The first-order valence-electron chi connectivity index (χ1n) is 20.9. The number of anilines is 2. The highest BCUT2D eigenvalue weighted by atomic mass is 19.4. The summed E-state index contributed by atoms with van der Waals surface area (Å²) >= 11 is 0. The summed E-state index contributed by atoms with van der Waals surface area (Å²) in [7, 11) is 2.01. The maximum Gasteiger partial charge on any atom is 0.573 e. The van der Waals surface area contributed by atoms with Crippen molar-refractivity contribution < 1.29 is 17.9 Å². The van der Waals surface area contributed by atoms with Crippen LogP contribution in [-0.2, 0) is 5.41 Å². The van der Waals surface area contributed by atoms with Crippen molar-refractivity contribution in [3.05, 3.63) is 264 Å². The van der Waals surface area contributed by atoms with Gasteiger partial charge < -0.3 is 9.64 Å². The highest BCUT2D eigenvalue weighted by molar-refractivity contribution is 6.42. The molecule has 1 radical (unpaired) electrons. The van der Waals surface area contributed by atoms with Gasteiger partial charge in [-0.05, 0) is 97.6 Å². The number of benzene rings is 8. The van der Waals surface area contributed by atoms with E-state index in [-0.39, 0.29) is 5.75 Å². The molecule has 1 aliphatic carbocycles. The fourth-order valence-electron chi connectivity index (χ4n) is 9.01. The van der Waals surface area contributed by atoms with Gasteiger partial charge in [0.15, 0.2) is 0 Å². The fraction of sp³-hybridized carbons (Fsp3) is 0.0526. The lowest BCUT2D eigenvalue weighted by Gasteiger charge is -2.36. The number of rotatable bonds is 12. The van der Waals surface area contributed by atoms with Crippen LogP contribution in [0.4, 0.5) is 24.5 Å². The third kappa shape index (κ3) is 7.92. The lowest BCUT2D eigenvalue weighted by molar-refractivity contribution is -0.275. The van der Waals surface area contributed by atoms with Gasteiger partial charge in [-0.2, -0.15) is 0 Å². The molecule has 0 fully saturated rings. The van der Waals surface area contributed by atoms with Crippen molar-refractivity contribution in [1.29, 1.82) is 0 Å². The normalized spacial score (nSPS) is 13.0. The zero-order chi connectivity index (χ0) is 43.4. The van der Waals surface area contributed by atoms with E-state index in [1.807, 2.05) is 160 Å². The van der Waals surface area contributed by atoms with Crippen LogP contribution >= 0.6 is 0 Å². The van der Waals surface area contributed by atoms with Crippen molar-refractivity contribution in [1.82, 2.24) is 0 Å². The SMILES string of the molecule is C=C(/C=C\C(=C[B]C)c1ccccc1)N(c1ccc(-c2ccccc2)cc1)c1ccc2c(c1)C(c1ccccc1)(c1ccccc1)c1c(OC(F)(F)F)ccc(-c3ccccc3)c1-2. The molecule has 0 heterocycles. The quantitative estimate of drug-likeness (QED) is 0.0899. The maximum absolute atomic E-state index is 14.6. The Balaban J connectivity index is 1.32. The largest absolute Gasteiger partial charge is 0.573 e. The van der Waals surface area contributed by atoms with E-state index in [4.69, 9.17) is 4.74 Å². The molecular formula is C57H42BF3NO. The number of allylic oxidation sites excluding steroid dienone is 3. The molecule has 8 aromatic carbocycles. The zero-order valence-electron chi connectivity index (χ0n) is 34.6. The van der Waals surface area contributed by atoms with Crippen LogP contribution in [0.5, 0.6) is 5.75 Å². The molecule has 0 spiro atoms. The van der Waals surface area contributed by atoms with E-state index in [1.54, 1.807) is 6.07 Å². The highest BCUT2D eigenvalue weighted by Crippen LogP contribution is 2.62. The topological polar surface area (TPSA) is 12.5 Å². The summed E-state index contributed by atoms with van der Waals surface area (Å²) in [6.45, 7) is 6.66. The van der Waals surface area contributed by atoms with Crippen LogP contribution in [-0.4, -0.2) is 13.6 Å². The van der Waals surface area contributed by atoms with Gasteiger partial charge in [0.1, 0.15) is 13.0 Å². The molecule has 0 N–H and O–H groups in total. The van der Waals surface area contributed by atoms with Gasteiger partial charge >= 0.3 is 6.36 Å². The Kier molecular flexibility index (Phi) is 11.3. The summed E-state index contributed by atoms with van der Waals surface area (Å²) in [6, 6.07) is 67.6.